The van der Waals surface area contributed by atoms with Gasteiger partial charge in [0.2, 0.25) is 5.91 Å². The first-order valence-electron chi connectivity index (χ1n) is 5.94. The summed E-state index contributed by atoms with van der Waals surface area (Å²) < 4.78 is 0.710. The first kappa shape index (κ1) is 15.9. The molecule has 0 aliphatic carbocycles. The smallest absolute Gasteiger partial charge is 0.252 e. The Morgan fingerprint density at radius 2 is 2.24 bits per heavy atom. The highest BCUT2D eigenvalue weighted by atomic mass is 35.5. The maximum atomic E-state index is 12.1. The number of rotatable bonds is 4. The van der Waals surface area contributed by atoms with Gasteiger partial charge in [-0.15, -0.1) is 0 Å². The molecule has 0 aliphatic heterocycles. The van der Waals surface area contributed by atoms with Gasteiger partial charge in [-0.3, -0.25) is 4.79 Å². The van der Waals surface area contributed by atoms with Crippen molar-refractivity contribution in [1.82, 2.24) is 4.98 Å². The Hall–Kier alpha value is -1.50. The summed E-state index contributed by atoms with van der Waals surface area (Å²) in [5.74, 6) is -0.0675. The van der Waals surface area contributed by atoms with Gasteiger partial charge in [-0.25, -0.2) is 4.98 Å². The Kier molecular flexibility index (Phi) is 5.27. The highest BCUT2D eigenvalue weighted by Gasteiger charge is 2.20. The molecule has 110 valence electrons. The van der Waals surface area contributed by atoms with Crippen molar-refractivity contribution in [3.63, 3.8) is 0 Å². The van der Waals surface area contributed by atoms with Crippen LogP contribution in [0, 0.1) is 5.21 Å². The molecule has 21 heavy (non-hydrogen) atoms. The number of hydrogen-bond acceptors (Lipinski definition) is 4. The number of pyridine rings is 2. The minimum atomic E-state index is -0.485. The predicted octanol–water partition coefficient (Wildman–Crippen LogP) is 3.14. The molecule has 1 amide bonds. The SMILES string of the molecule is CC(Sc1cccc[n+]1[O-])C(=O)Nc1ncc(Cl)cc1Cl. The normalized spacial score (nSPS) is 12.0. The molecule has 2 rings (SSSR count). The van der Waals surface area contributed by atoms with Gasteiger partial charge in [-0.05, 0) is 30.8 Å². The van der Waals surface area contributed by atoms with Crippen molar-refractivity contribution < 1.29 is 9.52 Å². The van der Waals surface area contributed by atoms with Crippen LogP contribution < -0.4 is 10.0 Å². The lowest BCUT2D eigenvalue weighted by Gasteiger charge is -2.11. The fourth-order valence-corrected chi connectivity index (χ4v) is 2.74. The standard InChI is InChI=1S/C13H11Cl2N3O2S/c1-8(21-11-4-2-3-5-18(11)20)13(19)17-12-10(15)6-9(14)7-16-12/h2-8H,1H3,(H,16,17,19). The summed E-state index contributed by atoms with van der Waals surface area (Å²) in [5.41, 5.74) is 0. The van der Waals surface area contributed by atoms with Crippen LogP contribution in [-0.4, -0.2) is 16.1 Å². The quantitative estimate of drug-likeness (QED) is 0.526. The largest absolute Gasteiger partial charge is 0.618 e. The van der Waals surface area contributed by atoms with Crippen LogP contribution in [0.1, 0.15) is 6.92 Å². The summed E-state index contributed by atoms with van der Waals surface area (Å²) in [7, 11) is 0. The van der Waals surface area contributed by atoms with E-state index in [0.29, 0.717) is 14.8 Å². The number of anilines is 1. The molecular formula is C13H11Cl2N3O2S. The Labute approximate surface area is 135 Å². The molecule has 0 saturated heterocycles. The van der Waals surface area contributed by atoms with Crippen LogP contribution in [0.4, 0.5) is 5.82 Å². The molecule has 0 saturated carbocycles. The summed E-state index contributed by atoms with van der Waals surface area (Å²) in [6.45, 7) is 1.69. The lowest BCUT2D eigenvalue weighted by Crippen LogP contribution is -2.30. The van der Waals surface area contributed by atoms with Gasteiger partial charge < -0.3 is 10.5 Å². The van der Waals surface area contributed by atoms with Crippen molar-refractivity contribution >= 4 is 46.7 Å². The van der Waals surface area contributed by atoms with Gasteiger partial charge in [0.15, 0.2) is 12.0 Å². The van der Waals surface area contributed by atoms with Gasteiger partial charge in [0.1, 0.15) is 0 Å². The predicted molar refractivity (Wildman–Crippen MR) is 83.6 cm³/mol. The minimum Gasteiger partial charge on any atom is -0.618 e. The molecule has 1 unspecified atom stereocenters. The molecule has 0 fully saturated rings. The second-order valence-corrected chi connectivity index (χ2v) is 6.30. The number of carbonyl (C=O) groups is 1. The molecule has 2 heterocycles. The number of aromatic nitrogens is 2. The zero-order chi connectivity index (χ0) is 15.4. The Morgan fingerprint density at radius 3 is 2.90 bits per heavy atom. The molecule has 0 aliphatic rings. The first-order chi connectivity index (χ1) is 9.97. The number of thioether (sulfide) groups is 1. The van der Waals surface area contributed by atoms with Crippen LogP contribution in [0.2, 0.25) is 10.0 Å². The van der Waals surface area contributed by atoms with E-state index < -0.39 is 5.25 Å². The van der Waals surface area contributed by atoms with E-state index in [4.69, 9.17) is 23.2 Å². The molecule has 1 N–H and O–H groups in total. The van der Waals surface area contributed by atoms with Crippen molar-refractivity contribution in [3.8, 4) is 0 Å². The van der Waals surface area contributed by atoms with Gasteiger partial charge >= 0.3 is 0 Å². The molecule has 0 radical (unpaired) electrons. The monoisotopic (exact) mass is 343 g/mol. The van der Waals surface area contributed by atoms with Gasteiger partial charge in [0, 0.05) is 18.3 Å². The van der Waals surface area contributed by atoms with Crippen molar-refractivity contribution in [1.29, 1.82) is 0 Å². The lowest BCUT2D eigenvalue weighted by molar-refractivity contribution is -0.645. The molecule has 2 aromatic heterocycles. The number of carbonyl (C=O) groups excluding carboxylic acids is 1. The molecule has 2 aromatic rings. The van der Waals surface area contributed by atoms with Crippen LogP contribution >= 0.6 is 35.0 Å². The van der Waals surface area contributed by atoms with Crippen molar-refractivity contribution in [2.75, 3.05) is 5.32 Å². The maximum absolute atomic E-state index is 12.1. The molecular weight excluding hydrogens is 333 g/mol. The van der Waals surface area contributed by atoms with E-state index in [0.717, 1.165) is 11.8 Å². The molecule has 0 bridgehead atoms. The van der Waals surface area contributed by atoms with Crippen LogP contribution in [0.3, 0.4) is 0 Å². The second-order valence-electron chi connectivity index (χ2n) is 4.10. The van der Waals surface area contributed by atoms with E-state index in [2.05, 4.69) is 10.3 Å². The summed E-state index contributed by atoms with van der Waals surface area (Å²) >= 11 is 12.8. The molecule has 0 aromatic carbocycles. The van der Waals surface area contributed by atoms with Crippen molar-refractivity contribution in [2.45, 2.75) is 17.2 Å². The number of hydrogen-bond donors (Lipinski definition) is 1. The Bertz CT molecular complexity index is 670. The van der Waals surface area contributed by atoms with Gasteiger partial charge in [-0.1, -0.05) is 23.2 Å². The number of amides is 1. The van der Waals surface area contributed by atoms with E-state index in [1.54, 1.807) is 25.1 Å². The summed E-state index contributed by atoms with van der Waals surface area (Å²) in [6, 6.07) is 6.50. The maximum Gasteiger partial charge on any atom is 0.252 e. The lowest BCUT2D eigenvalue weighted by atomic mass is 10.4. The third-order valence-corrected chi connectivity index (χ3v) is 4.12. The average Bonchev–Trinajstić information content (AvgIpc) is 2.44. The zero-order valence-corrected chi connectivity index (χ0v) is 13.2. The first-order valence-corrected chi connectivity index (χ1v) is 7.57. The zero-order valence-electron chi connectivity index (χ0n) is 10.9. The summed E-state index contributed by atoms with van der Waals surface area (Å²) in [6.07, 6.45) is 2.77. The third kappa shape index (κ3) is 4.23. The highest BCUT2D eigenvalue weighted by Crippen LogP contribution is 2.25. The molecule has 8 heteroatoms. The van der Waals surface area contributed by atoms with Gasteiger partial charge in [-0.2, -0.15) is 4.73 Å². The second kappa shape index (κ2) is 6.98. The van der Waals surface area contributed by atoms with E-state index in [1.807, 2.05) is 0 Å². The third-order valence-electron chi connectivity index (χ3n) is 2.50. The number of halogens is 2. The molecule has 0 spiro atoms. The highest BCUT2D eigenvalue weighted by molar-refractivity contribution is 8.00. The summed E-state index contributed by atoms with van der Waals surface area (Å²) in [5, 5.41) is 14.7. The Morgan fingerprint density at radius 1 is 1.48 bits per heavy atom. The minimum absolute atomic E-state index is 0.238. The number of nitrogens with one attached hydrogen (secondary N) is 1. The molecule has 1 atom stereocenters. The van der Waals surface area contributed by atoms with E-state index in [1.165, 1.54) is 18.5 Å². The van der Waals surface area contributed by atoms with Gasteiger partial charge in [0.25, 0.3) is 5.03 Å². The summed E-state index contributed by atoms with van der Waals surface area (Å²) in [4.78, 5) is 16.0. The fraction of sp³-hybridized carbons (Fsp3) is 0.154. The van der Waals surface area contributed by atoms with E-state index in [-0.39, 0.29) is 16.7 Å². The average molecular weight is 344 g/mol. The topological polar surface area (TPSA) is 68.9 Å². The fourth-order valence-electron chi connectivity index (χ4n) is 1.46. The van der Waals surface area contributed by atoms with Crippen LogP contribution in [0.5, 0.6) is 0 Å². The van der Waals surface area contributed by atoms with E-state index >= 15 is 0 Å². The van der Waals surface area contributed by atoms with Crippen LogP contribution in [0.15, 0.2) is 41.7 Å². The van der Waals surface area contributed by atoms with Crippen molar-refractivity contribution in [3.05, 3.63) is 51.9 Å². The van der Waals surface area contributed by atoms with Crippen LogP contribution in [-0.2, 0) is 4.79 Å². The van der Waals surface area contributed by atoms with Crippen molar-refractivity contribution in [2.24, 2.45) is 0 Å². The number of nitrogens with zero attached hydrogens (tertiary/aromatic N) is 2. The molecule has 5 nitrogen and oxygen atoms in total. The van der Waals surface area contributed by atoms with E-state index in [9.17, 15) is 10.0 Å². The Balaban J connectivity index is 2.04. The van der Waals surface area contributed by atoms with Gasteiger partial charge in [0.05, 0.1) is 15.3 Å². The van der Waals surface area contributed by atoms with Crippen LogP contribution in [0.25, 0.3) is 0 Å².